The Labute approximate surface area is 104 Å². The van der Waals surface area contributed by atoms with Crippen molar-refractivity contribution < 1.29 is 0 Å². The Bertz CT molecular complexity index is 469. The van der Waals surface area contributed by atoms with E-state index in [4.69, 9.17) is 0 Å². The number of aryl methyl sites for hydroxylation is 2. The predicted molar refractivity (Wildman–Crippen MR) is 73.7 cm³/mol. The number of nitrogens with zero attached hydrogens (tertiary/aromatic N) is 2. The quantitative estimate of drug-likeness (QED) is 0.730. The predicted octanol–water partition coefficient (Wildman–Crippen LogP) is 4.02. The van der Waals surface area contributed by atoms with Gasteiger partial charge in [-0.15, -0.1) is 0 Å². The fourth-order valence-corrected chi connectivity index (χ4v) is 1.98. The fourth-order valence-electron chi connectivity index (χ4n) is 1.98. The van der Waals surface area contributed by atoms with E-state index >= 15 is 0 Å². The van der Waals surface area contributed by atoms with Crippen LogP contribution in [0.2, 0.25) is 0 Å². The summed E-state index contributed by atoms with van der Waals surface area (Å²) in [5.41, 5.74) is 6.84. The van der Waals surface area contributed by atoms with Crippen molar-refractivity contribution >= 4 is 5.57 Å². The number of aromatic nitrogens is 2. The molecule has 0 atom stereocenters. The van der Waals surface area contributed by atoms with Crippen LogP contribution in [-0.2, 0) is 0 Å². The molecule has 0 amide bonds. The molecular weight excluding hydrogens is 208 g/mol. The molecule has 0 N–H and O–H groups in total. The molecule has 0 saturated heterocycles. The minimum atomic E-state index is 0.946. The molecule has 1 rings (SSSR count). The van der Waals surface area contributed by atoms with Crippen LogP contribution < -0.4 is 0 Å². The van der Waals surface area contributed by atoms with E-state index in [0.717, 1.165) is 22.4 Å². The van der Waals surface area contributed by atoms with E-state index in [1.54, 1.807) is 6.20 Å². The lowest BCUT2D eigenvalue weighted by Crippen LogP contribution is -1.98. The smallest absolute Gasteiger partial charge is 0.0681 e. The summed E-state index contributed by atoms with van der Waals surface area (Å²) < 4.78 is 0. The topological polar surface area (TPSA) is 25.8 Å². The van der Waals surface area contributed by atoms with Crippen LogP contribution in [0.4, 0.5) is 0 Å². The molecule has 0 unspecified atom stereocenters. The van der Waals surface area contributed by atoms with Gasteiger partial charge in [-0.05, 0) is 51.3 Å². The first-order valence-corrected chi connectivity index (χ1v) is 5.74. The van der Waals surface area contributed by atoms with Crippen molar-refractivity contribution in [1.82, 2.24) is 10.2 Å². The first-order valence-electron chi connectivity index (χ1n) is 5.74. The van der Waals surface area contributed by atoms with Gasteiger partial charge in [-0.1, -0.05) is 24.3 Å². The van der Waals surface area contributed by atoms with Crippen LogP contribution in [0.3, 0.4) is 0 Å². The van der Waals surface area contributed by atoms with Gasteiger partial charge in [0.1, 0.15) is 0 Å². The van der Waals surface area contributed by atoms with E-state index < -0.39 is 0 Å². The highest BCUT2D eigenvalue weighted by molar-refractivity contribution is 5.80. The van der Waals surface area contributed by atoms with Crippen molar-refractivity contribution in [2.24, 2.45) is 0 Å². The molecule has 0 aliphatic rings. The molecule has 0 aliphatic carbocycles. The normalized spacial score (nSPS) is 11.8. The molecule has 0 radical (unpaired) electrons. The molecule has 0 aromatic carbocycles. The molecule has 2 nitrogen and oxygen atoms in total. The summed E-state index contributed by atoms with van der Waals surface area (Å²) in [6, 6.07) is 0. The van der Waals surface area contributed by atoms with Gasteiger partial charge < -0.3 is 0 Å². The SMILES string of the molecule is C=CC(=C(C)C=C(C)C)c1c(C)cnnc1C. The van der Waals surface area contributed by atoms with Gasteiger partial charge >= 0.3 is 0 Å². The Balaban J connectivity index is 3.48. The van der Waals surface area contributed by atoms with Crippen molar-refractivity contribution in [3.8, 4) is 0 Å². The van der Waals surface area contributed by atoms with Gasteiger partial charge in [-0.25, -0.2) is 0 Å². The zero-order chi connectivity index (χ0) is 13.0. The summed E-state index contributed by atoms with van der Waals surface area (Å²) >= 11 is 0. The van der Waals surface area contributed by atoms with E-state index in [9.17, 15) is 0 Å². The summed E-state index contributed by atoms with van der Waals surface area (Å²) in [6.07, 6.45) is 5.85. The van der Waals surface area contributed by atoms with Gasteiger partial charge in [-0.2, -0.15) is 10.2 Å². The first-order chi connectivity index (χ1) is 7.97. The Hall–Kier alpha value is -1.70. The van der Waals surface area contributed by atoms with Gasteiger partial charge in [0.2, 0.25) is 0 Å². The average Bonchev–Trinajstić information content (AvgIpc) is 2.22. The maximum Gasteiger partial charge on any atom is 0.0681 e. The second-order valence-electron chi connectivity index (χ2n) is 4.51. The molecule has 0 aliphatic heterocycles. The second-order valence-corrected chi connectivity index (χ2v) is 4.51. The van der Waals surface area contributed by atoms with Crippen LogP contribution in [-0.4, -0.2) is 10.2 Å². The van der Waals surface area contributed by atoms with Crippen molar-refractivity contribution in [1.29, 1.82) is 0 Å². The third-order valence-corrected chi connectivity index (χ3v) is 2.62. The summed E-state index contributed by atoms with van der Waals surface area (Å²) in [5.74, 6) is 0. The van der Waals surface area contributed by atoms with Crippen molar-refractivity contribution in [3.63, 3.8) is 0 Å². The monoisotopic (exact) mass is 228 g/mol. The highest BCUT2D eigenvalue weighted by atomic mass is 15.1. The zero-order valence-corrected chi connectivity index (χ0v) is 11.3. The number of allylic oxidation sites excluding steroid dienone is 5. The van der Waals surface area contributed by atoms with Gasteiger partial charge in [0.15, 0.2) is 0 Å². The second kappa shape index (κ2) is 5.58. The zero-order valence-electron chi connectivity index (χ0n) is 11.3. The van der Waals surface area contributed by atoms with E-state index in [1.807, 2.05) is 13.0 Å². The number of rotatable bonds is 3. The van der Waals surface area contributed by atoms with Gasteiger partial charge in [0.05, 0.1) is 11.9 Å². The molecule has 0 fully saturated rings. The first kappa shape index (κ1) is 13.4. The summed E-state index contributed by atoms with van der Waals surface area (Å²) in [7, 11) is 0. The molecule has 2 heteroatoms. The van der Waals surface area contributed by atoms with Crippen LogP contribution in [0.1, 0.15) is 37.6 Å². The van der Waals surface area contributed by atoms with Crippen molar-refractivity contribution in [3.05, 3.63) is 52.9 Å². The molecule has 1 heterocycles. The molecule has 90 valence electrons. The van der Waals surface area contributed by atoms with Crippen LogP contribution >= 0.6 is 0 Å². The van der Waals surface area contributed by atoms with E-state index in [0.29, 0.717) is 0 Å². The molecule has 1 aromatic rings. The fraction of sp³-hybridized carbons (Fsp3) is 0.333. The molecule has 0 spiro atoms. The molecule has 0 saturated carbocycles. The molecular formula is C15H20N2. The van der Waals surface area contributed by atoms with E-state index in [2.05, 4.69) is 50.5 Å². The Morgan fingerprint density at radius 2 is 1.88 bits per heavy atom. The minimum absolute atomic E-state index is 0.946. The summed E-state index contributed by atoms with van der Waals surface area (Å²) in [4.78, 5) is 0. The van der Waals surface area contributed by atoms with E-state index in [1.165, 1.54) is 11.1 Å². The van der Waals surface area contributed by atoms with Gasteiger partial charge in [0, 0.05) is 5.56 Å². The Morgan fingerprint density at radius 1 is 1.24 bits per heavy atom. The molecule has 17 heavy (non-hydrogen) atoms. The highest BCUT2D eigenvalue weighted by Crippen LogP contribution is 2.25. The van der Waals surface area contributed by atoms with Gasteiger partial charge in [-0.3, -0.25) is 0 Å². The summed E-state index contributed by atoms with van der Waals surface area (Å²) in [5, 5.41) is 8.08. The lowest BCUT2D eigenvalue weighted by molar-refractivity contribution is 0.958. The van der Waals surface area contributed by atoms with Crippen LogP contribution in [0.25, 0.3) is 5.57 Å². The number of hydrogen-bond acceptors (Lipinski definition) is 2. The third-order valence-electron chi connectivity index (χ3n) is 2.62. The van der Waals surface area contributed by atoms with Crippen LogP contribution in [0, 0.1) is 13.8 Å². The lowest BCUT2D eigenvalue weighted by atomic mass is 9.95. The summed E-state index contributed by atoms with van der Waals surface area (Å²) in [6.45, 7) is 14.2. The maximum absolute atomic E-state index is 4.12. The van der Waals surface area contributed by atoms with Crippen molar-refractivity contribution in [2.75, 3.05) is 0 Å². The van der Waals surface area contributed by atoms with Crippen LogP contribution in [0.5, 0.6) is 0 Å². The minimum Gasteiger partial charge on any atom is -0.159 e. The molecule has 0 bridgehead atoms. The largest absolute Gasteiger partial charge is 0.159 e. The Morgan fingerprint density at radius 3 is 2.35 bits per heavy atom. The average molecular weight is 228 g/mol. The van der Waals surface area contributed by atoms with Crippen LogP contribution in [0.15, 0.2) is 36.1 Å². The standard InChI is InChI=1S/C15H20N2/c1-7-14(11(4)8-10(2)3)15-12(5)9-16-17-13(15)6/h7-9H,1H2,2-6H3. The Kier molecular flexibility index (Phi) is 4.38. The van der Waals surface area contributed by atoms with Gasteiger partial charge in [0.25, 0.3) is 0 Å². The highest BCUT2D eigenvalue weighted by Gasteiger charge is 2.09. The lowest BCUT2D eigenvalue weighted by Gasteiger charge is -2.11. The third kappa shape index (κ3) is 3.13. The maximum atomic E-state index is 4.12. The van der Waals surface area contributed by atoms with E-state index in [-0.39, 0.29) is 0 Å². The van der Waals surface area contributed by atoms with Crippen molar-refractivity contribution in [2.45, 2.75) is 34.6 Å². The number of hydrogen-bond donors (Lipinski definition) is 0. The molecule has 1 aromatic heterocycles.